The first-order valence-corrected chi connectivity index (χ1v) is 5.20. The molecule has 0 bridgehead atoms. The van der Waals surface area contributed by atoms with Crippen LogP contribution < -0.4 is 5.73 Å². The second kappa shape index (κ2) is 5.99. The number of primary amides is 1. The summed E-state index contributed by atoms with van der Waals surface area (Å²) in [5.41, 5.74) is 6.59. The van der Waals surface area contributed by atoms with Gasteiger partial charge in [0.25, 0.3) is 0 Å². The van der Waals surface area contributed by atoms with Crippen molar-refractivity contribution < 1.29 is 9.90 Å². The Hall–Kier alpha value is -1.90. The van der Waals surface area contributed by atoms with Gasteiger partial charge in [-0.25, -0.2) is 0 Å². The highest BCUT2D eigenvalue weighted by Gasteiger charge is 2.22. The molecule has 0 spiro atoms. The number of nitrogens with two attached hydrogens (primary N) is 1. The molecule has 3 N–H and O–H groups in total. The van der Waals surface area contributed by atoms with Crippen LogP contribution >= 0.6 is 0 Å². The van der Waals surface area contributed by atoms with E-state index in [4.69, 9.17) is 16.1 Å². The summed E-state index contributed by atoms with van der Waals surface area (Å²) < 4.78 is 0. The van der Waals surface area contributed by atoms with E-state index in [9.17, 15) is 4.79 Å². The van der Waals surface area contributed by atoms with Crippen LogP contribution in [0.1, 0.15) is 17.2 Å². The molecule has 0 saturated heterocycles. The highest BCUT2D eigenvalue weighted by Crippen LogP contribution is 2.19. The van der Waals surface area contributed by atoms with Gasteiger partial charge in [0.1, 0.15) is 6.04 Å². The highest BCUT2D eigenvalue weighted by molar-refractivity contribution is 5.81. The molecule has 1 amide bonds. The summed E-state index contributed by atoms with van der Waals surface area (Å²) in [7, 11) is 1.71. The van der Waals surface area contributed by atoms with Gasteiger partial charge in [-0.2, -0.15) is 5.26 Å². The fraction of sp³-hybridized carbons (Fsp3) is 0.333. The SMILES string of the molecule is CN(CCO)C(C(N)=O)c1ccc(C#N)cc1. The molecule has 5 heteroatoms. The molecule has 0 aromatic heterocycles. The van der Waals surface area contributed by atoms with Gasteiger partial charge < -0.3 is 10.8 Å². The van der Waals surface area contributed by atoms with Gasteiger partial charge in [-0.15, -0.1) is 0 Å². The van der Waals surface area contributed by atoms with Gasteiger partial charge in [0.15, 0.2) is 0 Å². The number of carbonyl (C=O) groups excluding carboxylic acids is 1. The number of aliphatic hydroxyl groups is 1. The van der Waals surface area contributed by atoms with Gasteiger partial charge in [0.2, 0.25) is 5.91 Å². The zero-order chi connectivity index (χ0) is 12.8. The lowest BCUT2D eigenvalue weighted by Gasteiger charge is -2.24. The second-order valence-electron chi connectivity index (χ2n) is 3.74. The van der Waals surface area contributed by atoms with E-state index >= 15 is 0 Å². The van der Waals surface area contributed by atoms with E-state index in [1.807, 2.05) is 6.07 Å². The number of nitrogens with zero attached hydrogens (tertiary/aromatic N) is 2. The van der Waals surface area contributed by atoms with E-state index in [2.05, 4.69) is 0 Å². The third-order valence-corrected chi connectivity index (χ3v) is 2.52. The van der Waals surface area contributed by atoms with Gasteiger partial charge in [-0.05, 0) is 24.7 Å². The monoisotopic (exact) mass is 233 g/mol. The summed E-state index contributed by atoms with van der Waals surface area (Å²) >= 11 is 0. The Labute approximate surface area is 100 Å². The number of aliphatic hydroxyl groups excluding tert-OH is 1. The number of amides is 1. The van der Waals surface area contributed by atoms with Crippen LogP contribution in [-0.2, 0) is 4.79 Å². The van der Waals surface area contributed by atoms with E-state index in [-0.39, 0.29) is 6.61 Å². The van der Waals surface area contributed by atoms with E-state index in [0.29, 0.717) is 17.7 Å². The lowest BCUT2D eigenvalue weighted by atomic mass is 10.0. The molecule has 1 rings (SSSR count). The first-order valence-electron chi connectivity index (χ1n) is 5.20. The Kier molecular flexibility index (Phi) is 4.64. The molecule has 0 radical (unpaired) electrons. The zero-order valence-electron chi connectivity index (χ0n) is 9.63. The quantitative estimate of drug-likeness (QED) is 0.749. The molecule has 0 heterocycles. The largest absolute Gasteiger partial charge is 0.395 e. The third kappa shape index (κ3) is 3.28. The van der Waals surface area contributed by atoms with Gasteiger partial charge in [0, 0.05) is 6.54 Å². The van der Waals surface area contributed by atoms with Crippen LogP contribution in [-0.4, -0.2) is 36.1 Å². The normalized spacial score (nSPS) is 12.1. The minimum atomic E-state index is -0.588. The van der Waals surface area contributed by atoms with Crippen molar-refractivity contribution in [3.63, 3.8) is 0 Å². The maximum absolute atomic E-state index is 11.4. The predicted octanol–water partition coefficient (Wildman–Crippen LogP) is 0.00878. The molecule has 90 valence electrons. The molecule has 0 fully saturated rings. The predicted molar refractivity (Wildman–Crippen MR) is 62.8 cm³/mol. The van der Waals surface area contributed by atoms with Crippen molar-refractivity contribution in [1.82, 2.24) is 4.90 Å². The van der Waals surface area contributed by atoms with Crippen LogP contribution in [0.5, 0.6) is 0 Å². The fourth-order valence-electron chi connectivity index (χ4n) is 1.66. The van der Waals surface area contributed by atoms with E-state index < -0.39 is 11.9 Å². The lowest BCUT2D eigenvalue weighted by Crippen LogP contribution is -2.36. The molecular formula is C12H15N3O2. The van der Waals surface area contributed by atoms with Crippen molar-refractivity contribution in [2.45, 2.75) is 6.04 Å². The fourth-order valence-corrected chi connectivity index (χ4v) is 1.66. The molecule has 5 nitrogen and oxygen atoms in total. The Balaban J connectivity index is 2.98. The highest BCUT2D eigenvalue weighted by atomic mass is 16.3. The molecular weight excluding hydrogens is 218 g/mol. The minimum Gasteiger partial charge on any atom is -0.395 e. The molecule has 17 heavy (non-hydrogen) atoms. The van der Waals surface area contributed by atoms with Crippen LogP contribution in [0.2, 0.25) is 0 Å². The summed E-state index contributed by atoms with van der Waals surface area (Å²) in [5.74, 6) is -0.481. The number of nitriles is 1. The molecule has 0 aliphatic heterocycles. The van der Waals surface area contributed by atoms with E-state index in [0.717, 1.165) is 0 Å². The van der Waals surface area contributed by atoms with Gasteiger partial charge in [-0.1, -0.05) is 12.1 Å². The van der Waals surface area contributed by atoms with E-state index in [1.54, 1.807) is 36.2 Å². The Morgan fingerprint density at radius 1 is 1.53 bits per heavy atom. The topological polar surface area (TPSA) is 90.3 Å². The first-order chi connectivity index (χ1) is 8.10. The average Bonchev–Trinajstić information content (AvgIpc) is 2.30. The maximum atomic E-state index is 11.4. The van der Waals surface area contributed by atoms with Crippen LogP contribution in [0.25, 0.3) is 0 Å². The van der Waals surface area contributed by atoms with Crippen molar-refractivity contribution in [3.05, 3.63) is 35.4 Å². The molecule has 0 saturated carbocycles. The van der Waals surface area contributed by atoms with Crippen LogP contribution in [0, 0.1) is 11.3 Å². The lowest BCUT2D eigenvalue weighted by molar-refractivity contribution is -0.123. The van der Waals surface area contributed by atoms with Crippen molar-refractivity contribution >= 4 is 5.91 Å². The summed E-state index contributed by atoms with van der Waals surface area (Å²) in [6.07, 6.45) is 0. The minimum absolute atomic E-state index is 0.0451. The number of likely N-dealkylation sites (N-methyl/N-ethyl adjacent to an activating group) is 1. The number of rotatable bonds is 5. The van der Waals surface area contributed by atoms with Crippen molar-refractivity contribution in [2.24, 2.45) is 5.73 Å². The molecule has 1 aromatic carbocycles. The summed E-state index contributed by atoms with van der Waals surface area (Å²) in [5, 5.41) is 17.5. The zero-order valence-corrected chi connectivity index (χ0v) is 9.63. The molecule has 0 aliphatic carbocycles. The number of carbonyl (C=O) groups is 1. The summed E-state index contributed by atoms with van der Waals surface area (Å²) in [4.78, 5) is 13.1. The van der Waals surface area contributed by atoms with E-state index in [1.165, 1.54) is 0 Å². The Morgan fingerprint density at radius 2 is 2.12 bits per heavy atom. The number of hydrogen-bond donors (Lipinski definition) is 2. The van der Waals surface area contributed by atoms with Crippen LogP contribution in [0.3, 0.4) is 0 Å². The Morgan fingerprint density at radius 3 is 2.53 bits per heavy atom. The van der Waals surface area contributed by atoms with Crippen LogP contribution in [0.4, 0.5) is 0 Å². The average molecular weight is 233 g/mol. The molecule has 0 aliphatic rings. The molecule has 1 atom stereocenters. The van der Waals surface area contributed by atoms with Gasteiger partial charge >= 0.3 is 0 Å². The van der Waals surface area contributed by atoms with Crippen molar-refractivity contribution in [2.75, 3.05) is 20.2 Å². The van der Waals surface area contributed by atoms with Gasteiger partial charge in [-0.3, -0.25) is 9.69 Å². The number of benzene rings is 1. The summed E-state index contributed by atoms with van der Waals surface area (Å²) in [6, 6.07) is 8.09. The molecule has 1 aromatic rings. The smallest absolute Gasteiger partial charge is 0.239 e. The van der Waals surface area contributed by atoms with Crippen molar-refractivity contribution in [3.8, 4) is 6.07 Å². The third-order valence-electron chi connectivity index (χ3n) is 2.52. The van der Waals surface area contributed by atoms with Crippen LogP contribution in [0.15, 0.2) is 24.3 Å². The standard InChI is InChI=1S/C12H15N3O2/c1-15(6-7-16)11(12(14)17)10-4-2-9(8-13)3-5-10/h2-5,11,16H,6-7H2,1H3,(H2,14,17). The second-order valence-corrected chi connectivity index (χ2v) is 3.74. The summed E-state index contributed by atoms with van der Waals surface area (Å²) in [6.45, 7) is 0.310. The first kappa shape index (κ1) is 13.2. The molecule has 1 unspecified atom stereocenters. The van der Waals surface area contributed by atoms with Gasteiger partial charge in [0.05, 0.1) is 18.2 Å². The number of hydrogen-bond acceptors (Lipinski definition) is 4. The van der Waals surface area contributed by atoms with Crippen molar-refractivity contribution in [1.29, 1.82) is 5.26 Å². The maximum Gasteiger partial charge on any atom is 0.239 e. The Bertz CT molecular complexity index is 422.